The van der Waals surface area contributed by atoms with Gasteiger partial charge in [0.05, 0.1) is 12.8 Å². The third-order valence-electron chi connectivity index (χ3n) is 2.74. The van der Waals surface area contributed by atoms with Crippen molar-refractivity contribution in [2.24, 2.45) is 0 Å². The number of ether oxygens (including phenoxy) is 1. The van der Waals surface area contributed by atoms with E-state index >= 15 is 0 Å². The molecule has 1 heterocycles. The van der Waals surface area contributed by atoms with Crippen LogP contribution in [-0.4, -0.2) is 17.9 Å². The summed E-state index contributed by atoms with van der Waals surface area (Å²) in [4.78, 5) is 15.9. The number of nitrogens with zero attached hydrogens (tertiary/aromatic N) is 1. The van der Waals surface area contributed by atoms with Crippen molar-refractivity contribution in [3.05, 3.63) is 47.7 Å². The van der Waals surface area contributed by atoms with Crippen LogP contribution < -0.4 is 4.74 Å². The summed E-state index contributed by atoms with van der Waals surface area (Å²) < 4.78 is 5.32. The van der Waals surface area contributed by atoms with Crippen LogP contribution in [0.4, 0.5) is 0 Å². The molecule has 0 N–H and O–H groups in total. The molecule has 1 aromatic heterocycles. The Balaban J connectivity index is 0.000000956. The molecule has 0 saturated heterocycles. The fourth-order valence-electron chi connectivity index (χ4n) is 1.87. The molecule has 106 valence electrons. The predicted molar refractivity (Wildman–Crippen MR) is 82.3 cm³/mol. The molecule has 3 heteroatoms. The van der Waals surface area contributed by atoms with E-state index in [0.29, 0.717) is 5.56 Å². The maximum atomic E-state index is 11.5. The van der Waals surface area contributed by atoms with E-state index in [1.807, 2.05) is 45.0 Å². The number of para-hydroxylation sites is 1. The van der Waals surface area contributed by atoms with Crippen molar-refractivity contribution in [2.45, 2.75) is 27.7 Å². The molecule has 0 aliphatic heterocycles. The number of pyridine rings is 1. The zero-order valence-electron chi connectivity index (χ0n) is 12.7. The van der Waals surface area contributed by atoms with Gasteiger partial charge in [-0.2, -0.15) is 0 Å². The standard InChI is InChI=1S/C15H15NO2.C2H6/c1-10-8-12(11(2)17)9-14(16-10)13-6-4-5-7-15(13)18-3;1-2/h4-9H,1-3H3;1-2H3. The second-order valence-corrected chi connectivity index (χ2v) is 4.14. The van der Waals surface area contributed by atoms with Crippen LogP contribution in [0.5, 0.6) is 5.75 Å². The predicted octanol–water partition coefficient (Wildman–Crippen LogP) is 4.29. The molecule has 3 nitrogen and oxygen atoms in total. The molecule has 20 heavy (non-hydrogen) atoms. The van der Waals surface area contributed by atoms with Gasteiger partial charge in [-0.15, -0.1) is 0 Å². The highest BCUT2D eigenvalue weighted by Crippen LogP contribution is 2.28. The van der Waals surface area contributed by atoms with Crippen LogP contribution in [0.2, 0.25) is 0 Å². The number of carbonyl (C=O) groups excluding carboxylic acids is 1. The SMILES string of the molecule is CC.COc1ccccc1-c1cc(C(C)=O)cc(C)n1. The van der Waals surface area contributed by atoms with Crippen molar-refractivity contribution < 1.29 is 9.53 Å². The molecule has 2 rings (SSSR count). The van der Waals surface area contributed by atoms with Crippen LogP contribution >= 0.6 is 0 Å². The molecule has 2 aromatic rings. The summed E-state index contributed by atoms with van der Waals surface area (Å²) in [5.41, 5.74) is 3.15. The Kier molecular flexibility index (Phi) is 5.91. The summed E-state index contributed by atoms with van der Waals surface area (Å²) in [5, 5.41) is 0. The van der Waals surface area contributed by atoms with Gasteiger partial charge < -0.3 is 4.74 Å². The number of hydrogen-bond acceptors (Lipinski definition) is 3. The molecule has 0 saturated carbocycles. The Bertz CT molecular complexity index is 591. The summed E-state index contributed by atoms with van der Waals surface area (Å²) in [6.45, 7) is 7.44. The van der Waals surface area contributed by atoms with Crippen molar-refractivity contribution in [1.82, 2.24) is 4.98 Å². The summed E-state index contributed by atoms with van der Waals surface area (Å²) in [6, 6.07) is 11.2. The van der Waals surface area contributed by atoms with Gasteiger partial charge in [-0.3, -0.25) is 9.78 Å². The molecule has 0 unspecified atom stereocenters. The highest BCUT2D eigenvalue weighted by molar-refractivity contribution is 5.95. The lowest BCUT2D eigenvalue weighted by Crippen LogP contribution is -1.98. The maximum absolute atomic E-state index is 11.5. The van der Waals surface area contributed by atoms with Gasteiger partial charge in [0.1, 0.15) is 5.75 Å². The highest BCUT2D eigenvalue weighted by Gasteiger charge is 2.09. The molecular weight excluding hydrogens is 250 g/mol. The Hall–Kier alpha value is -2.16. The second-order valence-electron chi connectivity index (χ2n) is 4.14. The lowest BCUT2D eigenvalue weighted by molar-refractivity contribution is 0.101. The van der Waals surface area contributed by atoms with Gasteiger partial charge in [-0.05, 0) is 38.1 Å². The van der Waals surface area contributed by atoms with E-state index in [1.165, 1.54) is 0 Å². The average molecular weight is 271 g/mol. The molecule has 0 amide bonds. The van der Waals surface area contributed by atoms with Crippen LogP contribution in [-0.2, 0) is 0 Å². The number of aryl methyl sites for hydroxylation is 1. The fraction of sp³-hybridized carbons (Fsp3) is 0.294. The van der Waals surface area contributed by atoms with Crippen molar-refractivity contribution >= 4 is 5.78 Å². The van der Waals surface area contributed by atoms with Gasteiger partial charge in [0.15, 0.2) is 5.78 Å². The molecule has 0 atom stereocenters. The van der Waals surface area contributed by atoms with E-state index in [9.17, 15) is 4.79 Å². The molecule has 1 aromatic carbocycles. The van der Waals surface area contributed by atoms with E-state index in [0.717, 1.165) is 22.7 Å². The van der Waals surface area contributed by atoms with Crippen molar-refractivity contribution in [2.75, 3.05) is 7.11 Å². The number of aromatic nitrogens is 1. The molecule has 0 fully saturated rings. The summed E-state index contributed by atoms with van der Waals surface area (Å²) in [7, 11) is 1.63. The zero-order valence-corrected chi connectivity index (χ0v) is 12.7. The van der Waals surface area contributed by atoms with Gasteiger partial charge in [0.2, 0.25) is 0 Å². The Morgan fingerprint density at radius 1 is 1.15 bits per heavy atom. The van der Waals surface area contributed by atoms with E-state index in [1.54, 1.807) is 26.2 Å². The van der Waals surface area contributed by atoms with Crippen LogP contribution in [0, 0.1) is 6.92 Å². The minimum absolute atomic E-state index is 0.0386. The largest absolute Gasteiger partial charge is 0.496 e. The van der Waals surface area contributed by atoms with Gasteiger partial charge in [-0.1, -0.05) is 26.0 Å². The Morgan fingerprint density at radius 3 is 2.40 bits per heavy atom. The lowest BCUT2D eigenvalue weighted by atomic mass is 10.1. The van der Waals surface area contributed by atoms with Gasteiger partial charge in [0.25, 0.3) is 0 Å². The van der Waals surface area contributed by atoms with Gasteiger partial charge >= 0.3 is 0 Å². The number of hydrogen-bond donors (Lipinski definition) is 0. The molecule has 0 radical (unpaired) electrons. The van der Waals surface area contributed by atoms with Crippen LogP contribution in [0.3, 0.4) is 0 Å². The summed E-state index contributed by atoms with van der Waals surface area (Å²) in [5.74, 6) is 0.793. The summed E-state index contributed by atoms with van der Waals surface area (Å²) >= 11 is 0. The molecule has 0 aliphatic rings. The minimum atomic E-state index is 0.0386. The Labute approximate surface area is 120 Å². The molecule has 0 aliphatic carbocycles. The first-order chi connectivity index (χ1) is 9.61. The van der Waals surface area contributed by atoms with Crippen molar-refractivity contribution in [1.29, 1.82) is 0 Å². The third kappa shape index (κ3) is 3.67. The summed E-state index contributed by atoms with van der Waals surface area (Å²) in [6.07, 6.45) is 0. The van der Waals surface area contributed by atoms with E-state index < -0.39 is 0 Å². The first-order valence-electron chi connectivity index (χ1n) is 6.75. The van der Waals surface area contributed by atoms with Crippen LogP contribution in [0.1, 0.15) is 36.8 Å². The number of methoxy groups -OCH3 is 1. The number of Topliss-reactive ketones (excluding diaryl/α,β-unsaturated/α-hetero) is 1. The number of carbonyl (C=O) groups is 1. The fourth-order valence-corrected chi connectivity index (χ4v) is 1.87. The topological polar surface area (TPSA) is 39.2 Å². The van der Waals surface area contributed by atoms with Gasteiger partial charge in [0, 0.05) is 16.8 Å². The quantitative estimate of drug-likeness (QED) is 0.781. The maximum Gasteiger partial charge on any atom is 0.159 e. The molecule has 0 spiro atoms. The Morgan fingerprint density at radius 2 is 1.80 bits per heavy atom. The highest BCUT2D eigenvalue weighted by atomic mass is 16.5. The van der Waals surface area contributed by atoms with E-state index in [4.69, 9.17) is 4.74 Å². The number of benzene rings is 1. The van der Waals surface area contributed by atoms with E-state index in [-0.39, 0.29) is 5.78 Å². The van der Waals surface area contributed by atoms with Crippen molar-refractivity contribution in [3.8, 4) is 17.0 Å². The monoisotopic (exact) mass is 271 g/mol. The number of rotatable bonds is 3. The lowest BCUT2D eigenvalue weighted by Gasteiger charge is -2.09. The second kappa shape index (κ2) is 7.43. The average Bonchev–Trinajstić information content (AvgIpc) is 2.48. The van der Waals surface area contributed by atoms with E-state index in [2.05, 4.69) is 4.98 Å². The molecule has 0 bridgehead atoms. The normalized spacial score (nSPS) is 9.45. The smallest absolute Gasteiger partial charge is 0.159 e. The van der Waals surface area contributed by atoms with Gasteiger partial charge in [-0.25, -0.2) is 0 Å². The third-order valence-corrected chi connectivity index (χ3v) is 2.74. The van der Waals surface area contributed by atoms with Crippen molar-refractivity contribution in [3.63, 3.8) is 0 Å². The number of ketones is 1. The molecular formula is C17H21NO2. The first kappa shape index (κ1) is 15.9. The zero-order chi connectivity index (χ0) is 15.1. The van der Waals surface area contributed by atoms with Crippen LogP contribution in [0.25, 0.3) is 11.3 Å². The van der Waals surface area contributed by atoms with Crippen LogP contribution in [0.15, 0.2) is 36.4 Å². The first-order valence-corrected chi connectivity index (χ1v) is 6.75. The minimum Gasteiger partial charge on any atom is -0.496 e.